The van der Waals surface area contributed by atoms with E-state index in [1.807, 2.05) is 12.1 Å². The van der Waals surface area contributed by atoms with E-state index in [9.17, 15) is 0 Å². The monoisotopic (exact) mass is 298 g/mol. The third-order valence-corrected chi connectivity index (χ3v) is 5.34. The highest BCUT2D eigenvalue weighted by atomic mass is 16.5. The summed E-state index contributed by atoms with van der Waals surface area (Å²) in [7, 11) is 1.71. The quantitative estimate of drug-likeness (QED) is 0.589. The van der Waals surface area contributed by atoms with Crippen LogP contribution in [0.15, 0.2) is 49.1 Å². The summed E-state index contributed by atoms with van der Waals surface area (Å²) >= 11 is 0. The maximum absolute atomic E-state index is 5.20. The minimum atomic E-state index is 0.700. The van der Waals surface area contributed by atoms with Gasteiger partial charge in [0.25, 0.3) is 0 Å². The number of benzene rings is 1. The Morgan fingerprint density at radius 3 is 2.27 bits per heavy atom. The average molecular weight is 298 g/mol. The normalized spacial score (nSPS) is 28.1. The van der Waals surface area contributed by atoms with E-state index in [4.69, 9.17) is 4.74 Å². The maximum Gasteiger partial charge on any atom is 0.118 e. The van der Waals surface area contributed by atoms with Crippen molar-refractivity contribution in [2.45, 2.75) is 39.5 Å². The first-order valence-electron chi connectivity index (χ1n) is 8.65. The zero-order chi connectivity index (χ0) is 15.9. The van der Waals surface area contributed by atoms with Gasteiger partial charge in [0.1, 0.15) is 5.75 Å². The highest BCUT2D eigenvalue weighted by Gasteiger charge is 2.38. The topological polar surface area (TPSA) is 9.23 Å². The molecule has 1 nitrogen and oxygen atoms in total. The summed E-state index contributed by atoms with van der Waals surface area (Å²) in [4.78, 5) is 0. The summed E-state index contributed by atoms with van der Waals surface area (Å²) in [5.41, 5.74) is 1.34. The Balaban J connectivity index is 1.97. The molecule has 1 heteroatoms. The van der Waals surface area contributed by atoms with Crippen molar-refractivity contribution in [3.63, 3.8) is 0 Å². The molecule has 0 aromatic heterocycles. The molecule has 0 radical (unpaired) electrons. The fourth-order valence-electron chi connectivity index (χ4n) is 4.14. The lowest BCUT2D eigenvalue weighted by Gasteiger charge is -2.22. The van der Waals surface area contributed by atoms with Crippen LogP contribution in [-0.4, -0.2) is 7.11 Å². The van der Waals surface area contributed by atoms with E-state index in [1.54, 1.807) is 7.11 Å². The van der Waals surface area contributed by atoms with Crippen LogP contribution in [-0.2, 0) is 6.42 Å². The number of methoxy groups -OCH3 is 1. The highest BCUT2D eigenvalue weighted by Crippen LogP contribution is 2.46. The average Bonchev–Trinajstić information content (AvgIpc) is 2.92. The molecule has 0 spiro atoms. The lowest BCUT2D eigenvalue weighted by molar-refractivity contribution is 0.305. The van der Waals surface area contributed by atoms with Crippen LogP contribution >= 0.6 is 0 Å². The van der Waals surface area contributed by atoms with Gasteiger partial charge in [-0.15, -0.1) is 6.58 Å². The molecule has 0 saturated heterocycles. The van der Waals surface area contributed by atoms with Crippen molar-refractivity contribution in [1.29, 1.82) is 0 Å². The van der Waals surface area contributed by atoms with E-state index < -0.39 is 0 Å². The molecule has 1 aliphatic carbocycles. The lowest BCUT2D eigenvalue weighted by atomic mass is 9.83. The molecule has 4 atom stereocenters. The van der Waals surface area contributed by atoms with Gasteiger partial charge in [0.2, 0.25) is 0 Å². The summed E-state index contributed by atoms with van der Waals surface area (Å²) in [6.45, 7) is 8.72. The van der Waals surface area contributed by atoms with Gasteiger partial charge in [0.15, 0.2) is 0 Å². The molecule has 0 N–H and O–H groups in total. The SMILES string of the molecule is C=C[C@H]1C[C@@H](/C=C\Cc2ccc(OC)cc2)[C@@H](CC)[C@H]1CC. The number of hydrogen-bond donors (Lipinski definition) is 0. The summed E-state index contributed by atoms with van der Waals surface area (Å²) in [6.07, 6.45) is 11.8. The van der Waals surface area contributed by atoms with E-state index in [0.29, 0.717) is 5.92 Å². The number of ether oxygens (including phenoxy) is 1. The first-order valence-corrected chi connectivity index (χ1v) is 8.65. The predicted molar refractivity (Wildman–Crippen MR) is 95.2 cm³/mol. The number of rotatable bonds is 7. The van der Waals surface area contributed by atoms with Crippen LogP contribution in [0.3, 0.4) is 0 Å². The van der Waals surface area contributed by atoms with Crippen LogP contribution in [0.2, 0.25) is 0 Å². The van der Waals surface area contributed by atoms with Gasteiger partial charge < -0.3 is 4.74 Å². The zero-order valence-electron chi connectivity index (χ0n) is 14.3. The first-order chi connectivity index (χ1) is 10.7. The largest absolute Gasteiger partial charge is 0.497 e. The minimum Gasteiger partial charge on any atom is -0.497 e. The van der Waals surface area contributed by atoms with Crippen LogP contribution in [0, 0.1) is 23.7 Å². The summed E-state index contributed by atoms with van der Waals surface area (Å²) in [6, 6.07) is 8.37. The molecule has 1 aliphatic rings. The Bertz CT molecular complexity index is 485. The van der Waals surface area contributed by atoms with Crippen LogP contribution in [0.5, 0.6) is 5.75 Å². The van der Waals surface area contributed by atoms with Crippen LogP contribution in [0.1, 0.15) is 38.7 Å². The molecule has 1 fully saturated rings. The number of allylic oxidation sites excluding steroid dienone is 3. The zero-order valence-corrected chi connectivity index (χ0v) is 14.3. The van der Waals surface area contributed by atoms with Crippen molar-refractivity contribution >= 4 is 0 Å². The van der Waals surface area contributed by atoms with Crippen LogP contribution < -0.4 is 4.74 Å². The number of hydrogen-bond acceptors (Lipinski definition) is 1. The van der Waals surface area contributed by atoms with Gasteiger partial charge in [0.05, 0.1) is 7.11 Å². The van der Waals surface area contributed by atoms with Crippen molar-refractivity contribution in [2.75, 3.05) is 7.11 Å². The van der Waals surface area contributed by atoms with Crippen LogP contribution in [0.25, 0.3) is 0 Å². The molecule has 1 aromatic rings. The van der Waals surface area contributed by atoms with Crippen molar-refractivity contribution < 1.29 is 4.74 Å². The van der Waals surface area contributed by atoms with Gasteiger partial charge in [-0.25, -0.2) is 0 Å². The molecule has 0 heterocycles. The summed E-state index contributed by atoms with van der Waals surface area (Å²) in [5.74, 6) is 3.98. The molecule has 1 aromatic carbocycles. The minimum absolute atomic E-state index is 0.700. The lowest BCUT2D eigenvalue weighted by Crippen LogP contribution is -2.14. The highest BCUT2D eigenvalue weighted by molar-refractivity contribution is 5.28. The Morgan fingerprint density at radius 2 is 1.73 bits per heavy atom. The molecule has 2 rings (SSSR count). The smallest absolute Gasteiger partial charge is 0.118 e. The van der Waals surface area contributed by atoms with Gasteiger partial charge in [-0.3, -0.25) is 0 Å². The molecule has 0 bridgehead atoms. The van der Waals surface area contributed by atoms with E-state index in [1.165, 1.54) is 24.8 Å². The van der Waals surface area contributed by atoms with Crippen molar-refractivity contribution in [1.82, 2.24) is 0 Å². The van der Waals surface area contributed by atoms with Crippen molar-refractivity contribution in [3.05, 3.63) is 54.6 Å². The predicted octanol–water partition coefficient (Wildman–Crippen LogP) is 5.67. The molecular weight excluding hydrogens is 268 g/mol. The van der Waals surface area contributed by atoms with E-state index in [-0.39, 0.29) is 0 Å². The van der Waals surface area contributed by atoms with Gasteiger partial charge in [-0.05, 0) is 54.2 Å². The second-order valence-corrected chi connectivity index (χ2v) is 6.42. The van der Waals surface area contributed by atoms with Gasteiger partial charge in [-0.1, -0.05) is 57.0 Å². The Hall–Kier alpha value is -1.50. The summed E-state index contributed by atoms with van der Waals surface area (Å²) in [5, 5.41) is 0. The van der Waals surface area contributed by atoms with Crippen molar-refractivity contribution in [3.8, 4) is 5.75 Å². The van der Waals surface area contributed by atoms with E-state index in [2.05, 4.69) is 50.8 Å². The Morgan fingerprint density at radius 1 is 1.09 bits per heavy atom. The standard InChI is InChI=1S/C21H30O/c1-5-17-15-18(21(7-3)20(17)6-2)10-8-9-16-11-13-19(22-4)14-12-16/h5,8,10-14,17-18,20-21H,1,6-7,9,15H2,2-4H3/b10-8-/t17-,18+,20-,21+/m0/s1. The molecular formula is C21H30O. The third kappa shape index (κ3) is 3.82. The Labute approximate surface area is 136 Å². The molecule has 22 heavy (non-hydrogen) atoms. The summed E-state index contributed by atoms with van der Waals surface area (Å²) < 4.78 is 5.20. The molecule has 0 aliphatic heterocycles. The fourth-order valence-corrected chi connectivity index (χ4v) is 4.14. The molecule has 1 saturated carbocycles. The third-order valence-electron chi connectivity index (χ3n) is 5.34. The van der Waals surface area contributed by atoms with Crippen molar-refractivity contribution in [2.24, 2.45) is 23.7 Å². The van der Waals surface area contributed by atoms with Gasteiger partial charge in [0, 0.05) is 0 Å². The fraction of sp³-hybridized carbons (Fsp3) is 0.524. The van der Waals surface area contributed by atoms with Gasteiger partial charge in [-0.2, -0.15) is 0 Å². The Kier molecular flexibility index (Phi) is 6.30. The van der Waals surface area contributed by atoms with Gasteiger partial charge >= 0.3 is 0 Å². The van der Waals surface area contributed by atoms with E-state index >= 15 is 0 Å². The molecule has 120 valence electrons. The van der Waals surface area contributed by atoms with E-state index in [0.717, 1.165) is 29.9 Å². The second-order valence-electron chi connectivity index (χ2n) is 6.42. The molecule has 0 amide bonds. The van der Waals surface area contributed by atoms with Crippen LogP contribution in [0.4, 0.5) is 0 Å². The maximum atomic E-state index is 5.20. The first kappa shape index (κ1) is 16.9. The second kappa shape index (κ2) is 8.22. The molecule has 0 unspecified atom stereocenters.